The van der Waals surface area contributed by atoms with Gasteiger partial charge in [-0.2, -0.15) is 0 Å². The van der Waals surface area contributed by atoms with E-state index in [9.17, 15) is 14.7 Å². The van der Waals surface area contributed by atoms with Crippen LogP contribution >= 0.6 is 11.6 Å². The molecule has 1 fully saturated rings. The number of hydrogen-bond acceptors (Lipinski definition) is 5. The molecule has 5 nitrogen and oxygen atoms in total. The molecule has 0 aromatic heterocycles. The fourth-order valence-electron chi connectivity index (χ4n) is 5.54. The number of allylic oxidation sites excluding steroid dienone is 3. The highest BCUT2D eigenvalue weighted by Crippen LogP contribution is 2.46. The molecule has 1 saturated carbocycles. The first-order valence-electron chi connectivity index (χ1n) is 11.9. The molecule has 2 aliphatic carbocycles. The summed E-state index contributed by atoms with van der Waals surface area (Å²) in [6, 6.07) is 14.4. The third kappa shape index (κ3) is 4.37. The number of aromatic hydroxyl groups is 1. The van der Waals surface area contributed by atoms with Crippen molar-refractivity contribution in [2.24, 2.45) is 0 Å². The van der Waals surface area contributed by atoms with Crippen molar-refractivity contribution >= 4 is 23.4 Å². The number of dihydropyridines is 1. The number of ether oxygens (including phenoxy) is 1. The molecule has 176 valence electrons. The number of Topliss-reactive ketones (excluding diaryl/α,β-unsaturated/α-hetero) is 1. The number of esters is 1. The van der Waals surface area contributed by atoms with E-state index in [0.29, 0.717) is 40.3 Å². The number of benzene rings is 2. The highest BCUT2D eigenvalue weighted by Gasteiger charge is 2.42. The first-order valence-corrected chi connectivity index (χ1v) is 12.3. The second-order valence-corrected chi connectivity index (χ2v) is 9.91. The summed E-state index contributed by atoms with van der Waals surface area (Å²) in [6.07, 6.45) is 4.79. The minimum atomic E-state index is -0.573. The maximum atomic E-state index is 13.6. The molecule has 0 saturated heterocycles. The Labute approximate surface area is 204 Å². The third-order valence-corrected chi connectivity index (χ3v) is 7.42. The highest BCUT2D eigenvalue weighted by molar-refractivity contribution is 6.30. The van der Waals surface area contributed by atoms with Crippen LogP contribution in [0, 0.1) is 0 Å². The largest absolute Gasteiger partial charge is 0.508 e. The predicted molar refractivity (Wildman–Crippen MR) is 130 cm³/mol. The summed E-state index contributed by atoms with van der Waals surface area (Å²) in [5.74, 6) is -0.830. The zero-order valence-electron chi connectivity index (χ0n) is 19.1. The van der Waals surface area contributed by atoms with E-state index in [1.807, 2.05) is 37.3 Å². The standard InChI is InChI=1S/C28H28ClNO4/c1-16-25(28(33)34-22-7-2-3-8-22)26(18-5-4-6-21(31)13-18)27-23(30-16)14-19(15-24(27)32)17-9-11-20(29)12-10-17/h4-6,9-13,19,22,26,30-31H,2-3,7-8,14-15H2,1H3/t19-,26+/m0/s1. The zero-order valence-corrected chi connectivity index (χ0v) is 19.9. The summed E-state index contributed by atoms with van der Waals surface area (Å²) in [4.78, 5) is 27.0. The molecule has 34 heavy (non-hydrogen) atoms. The lowest BCUT2D eigenvalue weighted by Crippen LogP contribution is -2.36. The monoisotopic (exact) mass is 477 g/mol. The Hall–Kier alpha value is -3.05. The molecule has 2 N–H and O–H groups in total. The van der Waals surface area contributed by atoms with Crippen LogP contribution < -0.4 is 5.32 Å². The average Bonchev–Trinajstić information content (AvgIpc) is 3.31. The van der Waals surface area contributed by atoms with Crippen molar-refractivity contribution < 1.29 is 19.4 Å². The number of halogens is 1. The number of carbonyl (C=O) groups is 2. The Balaban J connectivity index is 1.54. The van der Waals surface area contributed by atoms with Gasteiger partial charge in [-0.1, -0.05) is 35.9 Å². The first-order chi connectivity index (χ1) is 16.4. The molecule has 1 heterocycles. The van der Waals surface area contributed by atoms with Crippen molar-refractivity contribution in [1.82, 2.24) is 5.32 Å². The van der Waals surface area contributed by atoms with Crippen LogP contribution in [0.4, 0.5) is 0 Å². The molecule has 2 atom stereocenters. The lowest BCUT2D eigenvalue weighted by molar-refractivity contribution is -0.144. The van der Waals surface area contributed by atoms with Gasteiger partial charge in [0.2, 0.25) is 0 Å². The molecule has 0 amide bonds. The third-order valence-electron chi connectivity index (χ3n) is 7.17. The highest BCUT2D eigenvalue weighted by atomic mass is 35.5. The molecule has 0 bridgehead atoms. The van der Waals surface area contributed by atoms with Gasteiger partial charge in [-0.3, -0.25) is 4.79 Å². The summed E-state index contributed by atoms with van der Waals surface area (Å²) < 4.78 is 5.87. The number of phenolic OH excluding ortho intramolecular Hbond substituents is 1. The van der Waals surface area contributed by atoms with Crippen LogP contribution in [0.2, 0.25) is 5.02 Å². The Morgan fingerprint density at radius 1 is 1.06 bits per heavy atom. The topological polar surface area (TPSA) is 75.6 Å². The van der Waals surface area contributed by atoms with Gasteiger partial charge in [-0.25, -0.2) is 4.79 Å². The lowest BCUT2D eigenvalue weighted by Gasteiger charge is -2.37. The van der Waals surface area contributed by atoms with Gasteiger partial charge in [0.05, 0.1) is 5.57 Å². The fourth-order valence-corrected chi connectivity index (χ4v) is 5.66. The van der Waals surface area contributed by atoms with Crippen molar-refractivity contribution in [3.63, 3.8) is 0 Å². The molecule has 0 unspecified atom stereocenters. The summed E-state index contributed by atoms with van der Waals surface area (Å²) in [5.41, 5.74) is 4.35. The van der Waals surface area contributed by atoms with E-state index in [0.717, 1.165) is 36.9 Å². The molecule has 6 heteroatoms. The van der Waals surface area contributed by atoms with Crippen molar-refractivity contribution in [1.29, 1.82) is 0 Å². The molecule has 5 rings (SSSR count). The van der Waals surface area contributed by atoms with E-state index in [4.69, 9.17) is 16.3 Å². The van der Waals surface area contributed by atoms with Gasteiger partial charge in [0.1, 0.15) is 11.9 Å². The first kappa shape index (κ1) is 22.7. The summed E-state index contributed by atoms with van der Waals surface area (Å²) in [7, 11) is 0. The smallest absolute Gasteiger partial charge is 0.337 e. The molecule has 0 spiro atoms. The number of ketones is 1. The van der Waals surface area contributed by atoms with Crippen molar-refractivity contribution in [3.05, 3.63) is 87.2 Å². The Kier molecular flexibility index (Phi) is 6.22. The molecule has 2 aromatic rings. The molecule has 3 aliphatic rings. The van der Waals surface area contributed by atoms with Crippen LogP contribution in [-0.2, 0) is 14.3 Å². The van der Waals surface area contributed by atoms with Crippen LogP contribution in [-0.4, -0.2) is 23.0 Å². The number of rotatable bonds is 4. The van der Waals surface area contributed by atoms with Crippen LogP contribution in [0.15, 0.2) is 71.1 Å². The maximum Gasteiger partial charge on any atom is 0.337 e. The molecule has 2 aromatic carbocycles. The van der Waals surface area contributed by atoms with E-state index in [2.05, 4.69) is 5.32 Å². The summed E-state index contributed by atoms with van der Waals surface area (Å²) in [6.45, 7) is 1.86. The fraction of sp³-hybridized carbons (Fsp3) is 0.357. The average molecular weight is 478 g/mol. The van der Waals surface area contributed by atoms with Gasteiger partial charge in [0, 0.05) is 34.3 Å². The van der Waals surface area contributed by atoms with Gasteiger partial charge < -0.3 is 15.2 Å². The molecular formula is C28H28ClNO4. The Morgan fingerprint density at radius 2 is 1.79 bits per heavy atom. The minimum absolute atomic E-state index is 0.000657. The van der Waals surface area contributed by atoms with Crippen molar-refractivity contribution in [3.8, 4) is 5.75 Å². The predicted octanol–water partition coefficient (Wildman–Crippen LogP) is 5.89. The maximum absolute atomic E-state index is 13.6. The van der Waals surface area contributed by atoms with Crippen molar-refractivity contribution in [2.75, 3.05) is 0 Å². The summed E-state index contributed by atoms with van der Waals surface area (Å²) >= 11 is 6.06. The van der Waals surface area contributed by atoms with Crippen LogP contribution in [0.25, 0.3) is 0 Å². The Bertz CT molecular complexity index is 1190. The second-order valence-electron chi connectivity index (χ2n) is 9.48. The minimum Gasteiger partial charge on any atom is -0.508 e. The number of phenols is 1. The van der Waals surface area contributed by atoms with Gasteiger partial charge in [-0.05, 0) is 80.3 Å². The van der Waals surface area contributed by atoms with Crippen LogP contribution in [0.1, 0.15) is 68.4 Å². The Morgan fingerprint density at radius 3 is 2.50 bits per heavy atom. The molecule has 1 aliphatic heterocycles. The normalized spacial score (nSPS) is 23.1. The van der Waals surface area contributed by atoms with Crippen LogP contribution in [0.3, 0.4) is 0 Å². The van der Waals surface area contributed by atoms with E-state index in [-0.39, 0.29) is 29.5 Å². The summed E-state index contributed by atoms with van der Waals surface area (Å²) in [5, 5.41) is 14.2. The van der Waals surface area contributed by atoms with Gasteiger partial charge in [-0.15, -0.1) is 0 Å². The van der Waals surface area contributed by atoms with E-state index in [1.165, 1.54) is 0 Å². The van der Waals surface area contributed by atoms with Gasteiger partial charge >= 0.3 is 5.97 Å². The van der Waals surface area contributed by atoms with Crippen molar-refractivity contribution in [2.45, 2.75) is 63.4 Å². The van der Waals surface area contributed by atoms with Gasteiger partial charge in [0.15, 0.2) is 5.78 Å². The number of carbonyl (C=O) groups excluding carboxylic acids is 2. The second kappa shape index (κ2) is 9.30. The number of nitrogens with one attached hydrogen (secondary N) is 1. The molecular weight excluding hydrogens is 450 g/mol. The lowest BCUT2D eigenvalue weighted by atomic mass is 9.71. The van der Waals surface area contributed by atoms with Gasteiger partial charge in [0.25, 0.3) is 0 Å². The zero-order chi connectivity index (χ0) is 23.8. The van der Waals surface area contributed by atoms with E-state index in [1.54, 1.807) is 18.2 Å². The molecule has 0 radical (unpaired) electrons. The SMILES string of the molecule is CC1=C(C(=O)OC2CCCC2)[C@@H](c2cccc(O)c2)C2=C(C[C@H](c3ccc(Cl)cc3)CC2=O)N1. The van der Waals surface area contributed by atoms with Crippen LogP contribution in [0.5, 0.6) is 5.75 Å². The number of hydrogen-bond donors (Lipinski definition) is 2. The quantitative estimate of drug-likeness (QED) is 0.537. The van der Waals surface area contributed by atoms with E-state index >= 15 is 0 Å². The van der Waals surface area contributed by atoms with E-state index < -0.39 is 5.92 Å².